The average Bonchev–Trinajstić information content (AvgIpc) is 2.39. The second-order valence-corrected chi connectivity index (χ2v) is 5.14. The summed E-state index contributed by atoms with van der Waals surface area (Å²) in [6.45, 7) is 0. The van der Waals surface area contributed by atoms with E-state index in [1.165, 1.54) is 6.42 Å². The van der Waals surface area contributed by atoms with E-state index >= 15 is 0 Å². The largest absolute Gasteiger partial charge is 0.495 e. The highest BCUT2D eigenvalue weighted by Crippen LogP contribution is 2.28. The molecule has 1 aromatic heterocycles. The lowest BCUT2D eigenvalue weighted by Gasteiger charge is -2.19. The molecule has 1 atom stereocenters. The Morgan fingerprint density at radius 3 is 3.06 bits per heavy atom. The van der Waals surface area contributed by atoms with Crippen LogP contribution in [0.5, 0.6) is 5.75 Å². The summed E-state index contributed by atoms with van der Waals surface area (Å²) in [5.74, 6) is 1.93. The number of pyridine rings is 1. The van der Waals surface area contributed by atoms with E-state index in [4.69, 9.17) is 4.74 Å². The molecule has 1 fully saturated rings. The molecule has 2 heterocycles. The van der Waals surface area contributed by atoms with Crippen LogP contribution in [-0.2, 0) is 0 Å². The number of methoxy groups -OCH3 is 1. The van der Waals surface area contributed by atoms with Crippen molar-refractivity contribution in [3.05, 3.63) is 24.0 Å². The minimum Gasteiger partial charge on any atom is -0.495 e. The Morgan fingerprint density at radius 2 is 2.38 bits per heavy atom. The van der Waals surface area contributed by atoms with Gasteiger partial charge in [-0.05, 0) is 24.7 Å². The summed E-state index contributed by atoms with van der Waals surface area (Å²) < 4.78 is 5.07. The van der Waals surface area contributed by atoms with Crippen molar-refractivity contribution in [1.29, 1.82) is 0 Å². The molecule has 1 aromatic rings. The fraction of sp³-hybridized carbons (Fsp3) is 0.500. The molecule has 1 saturated heterocycles. The van der Waals surface area contributed by atoms with E-state index in [1.807, 2.05) is 0 Å². The van der Waals surface area contributed by atoms with Gasteiger partial charge in [0.05, 0.1) is 18.6 Å². The van der Waals surface area contributed by atoms with E-state index in [0.29, 0.717) is 11.3 Å². The maximum absolute atomic E-state index is 12.2. The van der Waals surface area contributed by atoms with E-state index < -0.39 is 0 Å². The van der Waals surface area contributed by atoms with Gasteiger partial charge in [-0.1, -0.05) is 6.42 Å². The minimum atomic E-state index is 0.114. The molecule has 0 N–H and O–H groups in total. The summed E-state index contributed by atoms with van der Waals surface area (Å²) >= 11 is 1.76. The van der Waals surface area contributed by atoms with Gasteiger partial charge in [0.25, 0.3) is 0 Å². The first-order chi connectivity index (χ1) is 7.81. The van der Waals surface area contributed by atoms with Gasteiger partial charge in [0.15, 0.2) is 5.78 Å². The lowest BCUT2D eigenvalue weighted by Crippen LogP contribution is -2.21. The number of aromatic nitrogens is 1. The molecule has 0 aromatic carbocycles. The average molecular weight is 237 g/mol. The molecule has 0 amide bonds. The van der Waals surface area contributed by atoms with Gasteiger partial charge in [0.2, 0.25) is 0 Å². The van der Waals surface area contributed by atoms with Crippen molar-refractivity contribution in [3.8, 4) is 5.75 Å². The summed E-state index contributed by atoms with van der Waals surface area (Å²) in [5, 5.41) is 0.114. The maximum atomic E-state index is 12.2. The van der Waals surface area contributed by atoms with Gasteiger partial charge in [-0.3, -0.25) is 9.78 Å². The number of hydrogen-bond acceptors (Lipinski definition) is 4. The molecular weight excluding hydrogens is 222 g/mol. The van der Waals surface area contributed by atoms with Crippen molar-refractivity contribution in [2.45, 2.75) is 24.5 Å². The summed E-state index contributed by atoms with van der Waals surface area (Å²) in [4.78, 5) is 16.2. The number of ether oxygens (including phenoxy) is 1. The third kappa shape index (κ3) is 2.55. The van der Waals surface area contributed by atoms with Crippen LogP contribution in [0.25, 0.3) is 0 Å². The molecule has 4 heteroatoms. The second-order valence-electron chi connectivity index (χ2n) is 3.83. The van der Waals surface area contributed by atoms with E-state index in [9.17, 15) is 4.79 Å². The van der Waals surface area contributed by atoms with Crippen molar-refractivity contribution in [2.24, 2.45) is 0 Å². The highest BCUT2D eigenvalue weighted by molar-refractivity contribution is 8.00. The molecule has 0 bridgehead atoms. The van der Waals surface area contributed by atoms with E-state index in [1.54, 1.807) is 37.3 Å². The van der Waals surface area contributed by atoms with Gasteiger partial charge in [0, 0.05) is 11.8 Å². The number of thioether (sulfide) groups is 1. The molecule has 1 aliphatic heterocycles. The van der Waals surface area contributed by atoms with Crippen LogP contribution < -0.4 is 4.74 Å². The zero-order valence-electron chi connectivity index (χ0n) is 9.31. The third-order valence-electron chi connectivity index (χ3n) is 2.71. The lowest BCUT2D eigenvalue weighted by molar-refractivity contribution is 0.0984. The van der Waals surface area contributed by atoms with Crippen LogP contribution in [-0.4, -0.2) is 28.9 Å². The van der Waals surface area contributed by atoms with Crippen LogP contribution in [0, 0.1) is 0 Å². The van der Waals surface area contributed by atoms with Crippen LogP contribution in [0.4, 0.5) is 0 Å². The Morgan fingerprint density at radius 1 is 1.50 bits per heavy atom. The van der Waals surface area contributed by atoms with Crippen molar-refractivity contribution in [2.75, 3.05) is 12.9 Å². The van der Waals surface area contributed by atoms with Crippen molar-refractivity contribution < 1.29 is 9.53 Å². The zero-order chi connectivity index (χ0) is 11.4. The van der Waals surface area contributed by atoms with Crippen LogP contribution in [0.1, 0.15) is 29.6 Å². The predicted molar refractivity (Wildman–Crippen MR) is 65.2 cm³/mol. The van der Waals surface area contributed by atoms with Crippen molar-refractivity contribution in [1.82, 2.24) is 4.98 Å². The van der Waals surface area contributed by atoms with E-state index in [0.717, 1.165) is 18.6 Å². The standard InChI is InChI=1S/C12H15NO2S/c1-15-10-6-9(7-13-8-10)12(14)11-4-2-3-5-16-11/h6-8,11H,2-5H2,1H3. The molecule has 16 heavy (non-hydrogen) atoms. The van der Waals surface area contributed by atoms with Crippen LogP contribution in [0.2, 0.25) is 0 Å². The monoisotopic (exact) mass is 237 g/mol. The molecular formula is C12H15NO2S. The molecule has 2 rings (SSSR count). The molecule has 86 valence electrons. The van der Waals surface area contributed by atoms with Crippen molar-refractivity contribution in [3.63, 3.8) is 0 Å². The number of hydrogen-bond donors (Lipinski definition) is 0. The summed E-state index contributed by atoms with van der Waals surface area (Å²) in [7, 11) is 1.58. The quantitative estimate of drug-likeness (QED) is 0.757. The van der Waals surface area contributed by atoms with Gasteiger partial charge < -0.3 is 4.74 Å². The summed E-state index contributed by atoms with van der Waals surface area (Å²) in [6.07, 6.45) is 6.61. The fourth-order valence-electron chi connectivity index (χ4n) is 1.80. The molecule has 0 radical (unpaired) electrons. The predicted octanol–water partition coefficient (Wildman–Crippen LogP) is 2.56. The smallest absolute Gasteiger partial charge is 0.177 e. The number of ketones is 1. The first-order valence-corrected chi connectivity index (χ1v) is 6.51. The Labute approximate surface area is 99.6 Å². The SMILES string of the molecule is COc1cncc(C(=O)C2CCCCS2)c1. The Kier molecular flexibility index (Phi) is 3.83. The zero-order valence-corrected chi connectivity index (χ0v) is 10.1. The van der Waals surface area contributed by atoms with E-state index in [-0.39, 0.29) is 11.0 Å². The highest BCUT2D eigenvalue weighted by Gasteiger charge is 2.23. The normalized spacial score (nSPS) is 20.4. The van der Waals surface area contributed by atoms with Gasteiger partial charge in [0.1, 0.15) is 5.75 Å². The van der Waals surface area contributed by atoms with Gasteiger partial charge >= 0.3 is 0 Å². The Hall–Kier alpha value is -1.03. The van der Waals surface area contributed by atoms with E-state index in [2.05, 4.69) is 4.98 Å². The first-order valence-electron chi connectivity index (χ1n) is 5.46. The van der Waals surface area contributed by atoms with Crippen LogP contribution >= 0.6 is 11.8 Å². The Balaban J connectivity index is 2.12. The molecule has 3 nitrogen and oxygen atoms in total. The van der Waals surface area contributed by atoms with Gasteiger partial charge in [-0.2, -0.15) is 11.8 Å². The van der Waals surface area contributed by atoms with Gasteiger partial charge in [-0.15, -0.1) is 0 Å². The molecule has 1 aliphatic rings. The van der Waals surface area contributed by atoms with Crippen molar-refractivity contribution >= 4 is 17.5 Å². The highest BCUT2D eigenvalue weighted by atomic mass is 32.2. The second kappa shape index (κ2) is 5.34. The minimum absolute atomic E-state index is 0.114. The number of Topliss-reactive ketones (excluding diaryl/α,β-unsaturated/α-hetero) is 1. The number of rotatable bonds is 3. The van der Waals surface area contributed by atoms with Crippen LogP contribution in [0.15, 0.2) is 18.5 Å². The molecule has 0 aliphatic carbocycles. The Bertz CT molecular complexity index is 375. The molecule has 0 spiro atoms. The number of carbonyl (C=O) groups is 1. The van der Waals surface area contributed by atoms with Gasteiger partial charge in [-0.25, -0.2) is 0 Å². The van der Waals surface area contributed by atoms with Crippen LogP contribution in [0.3, 0.4) is 0 Å². The lowest BCUT2D eigenvalue weighted by atomic mass is 10.1. The topological polar surface area (TPSA) is 39.2 Å². The first kappa shape index (κ1) is 11.5. The summed E-state index contributed by atoms with van der Waals surface area (Å²) in [6, 6.07) is 1.77. The molecule has 0 saturated carbocycles. The third-order valence-corrected chi connectivity index (χ3v) is 4.08. The molecule has 1 unspecified atom stereocenters. The number of carbonyl (C=O) groups excluding carboxylic acids is 1. The number of nitrogens with zero attached hydrogens (tertiary/aromatic N) is 1. The fourth-order valence-corrected chi connectivity index (χ4v) is 3.07. The summed E-state index contributed by atoms with van der Waals surface area (Å²) in [5.41, 5.74) is 0.666. The maximum Gasteiger partial charge on any atom is 0.177 e.